The summed E-state index contributed by atoms with van der Waals surface area (Å²) in [6.07, 6.45) is 2.00. The number of piperidine rings is 1. The van der Waals surface area contributed by atoms with E-state index in [1.165, 1.54) is 0 Å². The van der Waals surface area contributed by atoms with Gasteiger partial charge in [-0.1, -0.05) is 15.9 Å². The van der Waals surface area contributed by atoms with Gasteiger partial charge in [0.05, 0.1) is 20.1 Å². The quantitative estimate of drug-likeness (QED) is 0.807. The third kappa shape index (κ3) is 4.76. The van der Waals surface area contributed by atoms with Crippen molar-refractivity contribution >= 4 is 34.2 Å². The molecule has 1 saturated heterocycles. The highest BCUT2D eigenvalue weighted by Gasteiger charge is 2.20. The van der Waals surface area contributed by atoms with Gasteiger partial charge in [0.15, 0.2) is 11.5 Å². The molecule has 1 heterocycles. The van der Waals surface area contributed by atoms with Crippen molar-refractivity contribution in [3.05, 3.63) is 22.2 Å². The van der Waals surface area contributed by atoms with Crippen LogP contribution in [0.1, 0.15) is 18.4 Å². The first-order valence-corrected chi connectivity index (χ1v) is 7.83. The molecule has 0 bridgehead atoms. The van der Waals surface area contributed by atoms with Crippen LogP contribution < -0.4 is 20.1 Å². The van der Waals surface area contributed by atoms with Gasteiger partial charge in [0, 0.05) is 17.6 Å². The second-order valence-corrected chi connectivity index (χ2v) is 5.91. The SMILES string of the molecule is COc1cc(Br)c(CNC(=O)C2CCCNC2)cc1OC.Cl. The maximum absolute atomic E-state index is 12.1. The molecule has 0 spiro atoms. The molecule has 1 amide bonds. The molecule has 0 aliphatic carbocycles. The van der Waals surface area contributed by atoms with Crippen molar-refractivity contribution in [1.29, 1.82) is 0 Å². The van der Waals surface area contributed by atoms with Crippen LogP contribution in [0.15, 0.2) is 16.6 Å². The van der Waals surface area contributed by atoms with Crippen molar-refractivity contribution in [2.45, 2.75) is 19.4 Å². The van der Waals surface area contributed by atoms with Crippen LogP contribution in [0.2, 0.25) is 0 Å². The van der Waals surface area contributed by atoms with E-state index in [2.05, 4.69) is 26.6 Å². The Bertz CT molecular complexity index is 508. The fraction of sp³-hybridized carbons (Fsp3) is 0.533. The standard InChI is InChI=1S/C15H21BrN2O3.ClH/c1-20-13-6-11(12(16)7-14(13)21-2)9-18-15(19)10-4-3-5-17-8-10;/h6-7,10,17H,3-5,8-9H2,1-2H3,(H,18,19);1H. The van der Waals surface area contributed by atoms with E-state index in [-0.39, 0.29) is 24.2 Å². The molecule has 1 aromatic rings. The van der Waals surface area contributed by atoms with Crippen molar-refractivity contribution in [1.82, 2.24) is 10.6 Å². The summed E-state index contributed by atoms with van der Waals surface area (Å²) in [5, 5.41) is 6.24. The number of carbonyl (C=O) groups excluding carboxylic acids is 1. The van der Waals surface area contributed by atoms with Gasteiger partial charge in [0.2, 0.25) is 5.91 Å². The van der Waals surface area contributed by atoms with Gasteiger partial charge in [-0.3, -0.25) is 4.79 Å². The molecule has 1 fully saturated rings. The molecule has 0 saturated carbocycles. The van der Waals surface area contributed by atoms with E-state index in [1.54, 1.807) is 14.2 Å². The predicted molar refractivity (Wildman–Crippen MR) is 91.9 cm³/mol. The molecule has 1 aromatic carbocycles. The number of amides is 1. The van der Waals surface area contributed by atoms with Crippen molar-refractivity contribution in [3.8, 4) is 11.5 Å². The number of hydrogen-bond donors (Lipinski definition) is 2. The molecule has 1 atom stereocenters. The van der Waals surface area contributed by atoms with E-state index in [4.69, 9.17) is 9.47 Å². The molecule has 2 rings (SSSR count). The molecule has 7 heteroatoms. The predicted octanol–water partition coefficient (Wildman–Crippen LogP) is 2.50. The van der Waals surface area contributed by atoms with Gasteiger partial charge >= 0.3 is 0 Å². The van der Waals surface area contributed by atoms with Gasteiger partial charge in [-0.2, -0.15) is 0 Å². The summed E-state index contributed by atoms with van der Waals surface area (Å²) in [7, 11) is 3.20. The topological polar surface area (TPSA) is 59.6 Å². The first-order valence-electron chi connectivity index (χ1n) is 7.04. The molecule has 5 nitrogen and oxygen atoms in total. The van der Waals surface area contributed by atoms with Gasteiger partial charge in [0.25, 0.3) is 0 Å². The van der Waals surface area contributed by atoms with E-state index in [9.17, 15) is 4.79 Å². The number of nitrogens with one attached hydrogen (secondary N) is 2. The summed E-state index contributed by atoms with van der Waals surface area (Å²) in [4.78, 5) is 12.1. The van der Waals surface area contributed by atoms with E-state index < -0.39 is 0 Å². The summed E-state index contributed by atoms with van der Waals surface area (Å²) >= 11 is 3.50. The molecule has 0 aromatic heterocycles. The van der Waals surface area contributed by atoms with Crippen molar-refractivity contribution in [2.24, 2.45) is 5.92 Å². The number of ether oxygens (including phenoxy) is 2. The molecule has 124 valence electrons. The summed E-state index contributed by atoms with van der Waals surface area (Å²) in [6.45, 7) is 2.24. The average molecular weight is 394 g/mol. The van der Waals surface area contributed by atoms with Gasteiger partial charge < -0.3 is 20.1 Å². The molecule has 1 unspecified atom stereocenters. The van der Waals surface area contributed by atoms with Crippen molar-refractivity contribution < 1.29 is 14.3 Å². The number of rotatable bonds is 5. The molecule has 1 aliphatic rings. The van der Waals surface area contributed by atoms with Gasteiger partial charge in [-0.25, -0.2) is 0 Å². The third-order valence-corrected chi connectivity index (χ3v) is 4.41. The summed E-state index contributed by atoms with van der Waals surface area (Å²) in [5.74, 6) is 1.49. The summed E-state index contributed by atoms with van der Waals surface area (Å²) < 4.78 is 11.4. The maximum atomic E-state index is 12.1. The van der Waals surface area contributed by atoms with E-state index in [0.29, 0.717) is 18.0 Å². The number of hydrogen-bond acceptors (Lipinski definition) is 4. The average Bonchev–Trinajstić information content (AvgIpc) is 2.53. The largest absolute Gasteiger partial charge is 0.493 e. The number of halogens is 2. The van der Waals surface area contributed by atoms with Gasteiger partial charge in [0.1, 0.15) is 0 Å². The second kappa shape index (κ2) is 9.22. The minimum atomic E-state index is 0. The zero-order valence-corrected chi connectivity index (χ0v) is 15.2. The second-order valence-electron chi connectivity index (χ2n) is 5.06. The highest BCUT2D eigenvalue weighted by molar-refractivity contribution is 9.10. The molecular weight excluding hydrogens is 372 g/mol. The normalized spacial score (nSPS) is 17.3. The zero-order chi connectivity index (χ0) is 15.2. The Hall–Kier alpha value is -0.980. The number of benzene rings is 1. The lowest BCUT2D eigenvalue weighted by atomic mass is 9.99. The first-order chi connectivity index (χ1) is 10.2. The van der Waals surface area contributed by atoms with E-state index in [0.717, 1.165) is 36.0 Å². The highest BCUT2D eigenvalue weighted by atomic mass is 79.9. The van der Waals surface area contributed by atoms with E-state index in [1.807, 2.05) is 12.1 Å². The Balaban J connectivity index is 0.00000242. The third-order valence-electron chi connectivity index (χ3n) is 3.67. The lowest BCUT2D eigenvalue weighted by Crippen LogP contribution is -2.40. The van der Waals surface area contributed by atoms with Gasteiger partial charge in [-0.05, 0) is 37.1 Å². The van der Waals surface area contributed by atoms with Crippen LogP contribution in [0.25, 0.3) is 0 Å². The summed E-state index contributed by atoms with van der Waals surface area (Å²) in [5.41, 5.74) is 0.963. The zero-order valence-electron chi connectivity index (χ0n) is 12.8. The smallest absolute Gasteiger partial charge is 0.224 e. The molecule has 0 radical (unpaired) electrons. The van der Waals surface area contributed by atoms with Crippen LogP contribution in [0.5, 0.6) is 11.5 Å². The molecule has 2 N–H and O–H groups in total. The fourth-order valence-corrected chi connectivity index (χ4v) is 2.90. The van der Waals surface area contributed by atoms with E-state index >= 15 is 0 Å². The van der Waals surface area contributed by atoms with Crippen LogP contribution >= 0.6 is 28.3 Å². The van der Waals surface area contributed by atoms with Crippen molar-refractivity contribution in [3.63, 3.8) is 0 Å². The Morgan fingerprint density at radius 2 is 2.05 bits per heavy atom. The van der Waals surface area contributed by atoms with Crippen LogP contribution in [-0.2, 0) is 11.3 Å². The number of methoxy groups -OCH3 is 2. The molecule has 1 aliphatic heterocycles. The monoisotopic (exact) mass is 392 g/mol. The Morgan fingerprint density at radius 1 is 1.36 bits per heavy atom. The Labute approximate surface area is 145 Å². The number of carbonyl (C=O) groups is 1. The summed E-state index contributed by atoms with van der Waals surface area (Å²) in [6, 6.07) is 3.73. The molecule has 22 heavy (non-hydrogen) atoms. The van der Waals surface area contributed by atoms with Crippen LogP contribution in [-0.4, -0.2) is 33.2 Å². The van der Waals surface area contributed by atoms with Crippen LogP contribution in [0, 0.1) is 5.92 Å². The minimum absolute atomic E-state index is 0. The fourth-order valence-electron chi connectivity index (χ4n) is 2.43. The lowest BCUT2D eigenvalue weighted by molar-refractivity contribution is -0.125. The Morgan fingerprint density at radius 3 is 2.64 bits per heavy atom. The highest BCUT2D eigenvalue weighted by Crippen LogP contribution is 2.33. The van der Waals surface area contributed by atoms with Crippen LogP contribution in [0.4, 0.5) is 0 Å². The van der Waals surface area contributed by atoms with Crippen molar-refractivity contribution in [2.75, 3.05) is 27.3 Å². The molecular formula is C15H22BrClN2O3. The minimum Gasteiger partial charge on any atom is -0.493 e. The van der Waals surface area contributed by atoms with Gasteiger partial charge in [-0.15, -0.1) is 12.4 Å². The van der Waals surface area contributed by atoms with Crippen LogP contribution in [0.3, 0.4) is 0 Å². The lowest BCUT2D eigenvalue weighted by Gasteiger charge is -2.22. The Kier molecular flexibility index (Phi) is 8.00. The maximum Gasteiger partial charge on any atom is 0.224 e. The first kappa shape index (κ1) is 19.1.